The Labute approximate surface area is 235 Å². The highest BCUT2D eigenvalue weighted by Gasteiger charge is 2.21. The first-order valence-corrected chi connectivity index (χ1v) is 13.7. The predicted octanol–water partition coefficient (Wildman–Crippen LogP) is 5.62. The molecule has 0 spiro atoms. The third kappa shape index (κ3) is 7.30. The molecule has 0 heterocycles. The first-order chi connectivity index (χ1) is 17.8. The molecule has 0 saturated carbocycles. The molecule has 202 valence electrons. The van der Waals surface area contributed by atoms with Crippen molar-refractivity contribution >= 4 is 68.0 Å². The van der Waals surface area contributed by atoms with Crippen molar-refractivity contribution in [2.45, 2.75) is 31.2 Å². The Balaban J connectivity index is 1.65. The van der Waals surface area contributed by atoms with Crippen molar-refractivity contribution in [1.82, 2.24) is 4.72 Å². The summed E-state index contributed by atoms with van der Waals surface area (Å²) < 4.78 is 32.7. The van der Waals surface area contributed by atoms with E-state index >= 15 is 0 Å². The Hall–Kier alpha value is -3.02. The molecule has 38 heavy (non-hydrogen) atoms. The Morgan fingerprint density at radius 2 is 1.66 bits per heavy atom. The summed E-state index contributed by atoms with van der Waals surface area (Å²) in [5, 5.41) is 15.8. The number of ether oxygens (including phenoxy) is 1. The first kappa shape index (κ1) is 29.5. The van der Waals surface area contributed by atoms with Crippen LogP contribution in [0.2, 0.25) is 15.1 Å². The number of carbonyl (C=O) groups excluding carboxylic acids is 2. The van der Waals surface area contributed by atoms with Gasteiger partial charge in [0.25, 0.3) is 5.91 Å². The highest BCUT2D eigenvalue weighted by molar-refractivity contribution is 7.89. The van der Waals surface area contributed by atoms with Crippen LogP contribution in [0, 0.1) is 6.92 Å². The average molecular weight is 601 g/mol. The number of methoxy groups -OCH3 is 1. The fourth-order valence-electron chi connectivity index (χ4n) is 3.42. The molecule has 0 fully saturated rings. The Bertz CT molecular complexity index is 1500. The van der Waals surface area contributed by atoms with Gasteiger partial charge in [0.05, 0.1) is 44.0 Å². The fraction of sp³-hybridized carbons (Fsp3) is 0.200. The van der Waals surface area contributed by atoms with E-state index in [9.17, 15) is 23.1 Å². The maximum Gasteiger partial charge on any atom is 0.257 e. The minimum absolute atomic E-state index is 0.00826. The number of hydrogen-bond donors (Lipinski definition) is 4. The summed E-state index contributed by atoms with van der Waals surface area (Å²) in [7, 11) is -2.56. The van der Waals surface area contributed by atoms with Gasteiger partial charge in [-0.05, 0) is 55.8 Å². The van der Waals surface area contributed by atoms with Crippen molar-refractivity contribution in [3.8, 4) is 11.5 Å². The summed E-state index contributed by atoms with van der Waals surface area (Å²) in [5.41, 5.74) is 1.16. The second-order valence-electron chi connectivity index (χ2n) is 8.36. The van der Waals surface area contributed by atoms with Gasteiger partial charge in [0, 0.05) is 18.5 Å². The maximum atomic E-state index is 12.7. The molecule has 0 aliphatic carbocycles. The zero-order valence-electron chi connectivity index (χ0n) is 20.4. The van der Waals surface area contributed by atoms with Crippen LogP contribution < -0.4 is 20.1 Å². The van der Waals surface area contributed by atoms with Crippen molar-refractivity contribution < 1.29 is 27.9 Å². The van der Waals surface area contributed by atoms with Crippen LogP contribution in [0.15, 0.2) is 53.4 Å². The van der Waals surface area contributed by atoms with Crippen molar-refractivity contribution in [3.63, 3.8) is 0 Å². The van der Waals surface area contributed by atoms with Gasteiger partial charge in [0.1, 0.15) is 11.5 Å². The number of sulfonamides is 1. The monoisotopic (exact) mass is 599 g/mol. The number of rotatable bonds is 9. The van der Waals surface area contributed by atoms with Crippen LogP contribution in [0.4, 0.5) is 11.4 Å². The number of nitrogens with one attached hydrogen (secondary N) is 3. The summed E-state index contributed by atoms with van der Waals surface area (Å²) in [6.07, 6.45) is -0.245. The molecule has 2 amide bonds. The van der Waals surface area contributed by atoms with Crippen LogP contribution >= 0.6 is 34.8 Å². The second kappa shape index (κ2) is 12.2. The molecular formula is C25H24Cl3N3O6S. The van der Waals surface area contributed by atoms with Gasteiger partial charge in [-0.2, -0.15) is 0 Å². The molecule has 1 atom stereocenters. The zero-order chi connectivity index (χ0) is 28.2. The molecule has 0 bridgehead atoms. The number of anilines is 2. The van der Waals surface area contributed by atoms with E-state index in [0.29, 0.717) is 5.75 Å². The van der Waals surface area contributed by atoms with Crippen LogP contribution in [0.5, 0.6) is 11.5 Å². The predicted molar refractivity (Wildman–Crippen MR) is 148 cm³/mol. The Morgan fingerprint density at radius 1 is 0.947 bits per heavy atom. The SMILES string of the molecule is COc1ccc(S(=O)(=O)NC(C)CC(=O)Nc2cc(O)c(NC(=O)c3ccc(C)cc3Cl)cc2Cl)cc1Cl. The zero-order valence-corrected chi connectivity index (χ0v) is 23.5. The number of amides is 2. The third-order valence-corrected chi connectivity index (χ3v) is 7.77. The molecule has 13 heteroatoms. The summed E-state index contributed by atoms with van der Waals surface area (Å²) in [6.45, 7) is 3.34. The quantitative estimate of drug-likeness (QED) is 0.236. The topological polar surface area (TPSA) is 134 Å². The number of halogens is 3. The molecule has 0 radical (unpaired) electrons. The van der Waals surface area contributed by atoms with Gasteiger partial charge in [0.2, 0.25) is 15.9 Å². The molecule has 0 aliphatic heterocycles. The average Bonchev–Trinajstić information content (AvgIpc) is 2.81. The van der Waals surface area contributed by atoms with Crippen molar-refractivity contribution in [3.05, 3.63) is 74.7 Å². The lowest BCUT2D eigenvalue weighted by Crippen LogP contribution is -2.35. The normalized spacial score (nSPS) is 12.1. The lowest BCUT2D eigenvalue weighted by molar-refractivity contribution is -0.116. The highest BCUT2D eigenvalue weighted by atomic mass is 35.5. The molecule has 0 saturated heterocycles. The van der Waals surface area contributed by atoms with Crippen LogP contribution in [-0.4, -0.2) is 38.5 Å². The Morgan fingerprint density at radius 3 is 2.29 bits per heavy atom. The molecule has 0 aromatic heterocycles. The molecule has 0 aliphatic rings. The van der Waals surface area contributed by atoms with Crippen LogP contribution in [0.1, 0.15) is 29.3 Å². The van der Waals surface area contributed by atoms with E-state index in [1.807, 2.05) is 6.92 Å². The van der Waals surface area contributed by atoms with Crippen molar-refractivity contribution in [2.75, 3.05) is 17.7 Å². The number of phenols is 1. The minimum atomic E-state index is -3.97. The number of hydrogen-bond acceptors (Lipinski definition) is 6. The molecule has 3 aromatic carbocycles. The lowest BCUT2D eigenvalue weighted by Gasteiger charge is -2.16. The third-order valence-electron chi connectivity index (χ3n) is 5.26. The standard InChI is InChI=1S/C25H24Cl3N3O6S/c1-13-4-6-16(17(26)8-13)25(34)30-21-11-18(27)20(12-22(21)32)29-24(33)9-14(2)31-38(35,36)15-5-7-23(37-3)19(28)10-15/h4-8,10-12,14,31-32H,9H2,1-3H3,(H,29,33)(H,30,34). The van der Waals surface area contributed by atoms with Gasteiger partial charge in [-0.1, -0.05) is 40.9 Å². The Kier molecular flexibility index (Phi) is 9.50. The minimum Gasteiger partial charge on any atom is -0.506 e. The van der Waals surface area contributed by atoms with Gasteiger partial charge >= 0.3 is 0 Å². The smallest absolute Gasteiger partial charge is 0.257 e. The summed E-state index contributed by atoms with van der Waals surface area (Å²) in [6, 6.07) is 10.5. The maximum absolute atomic E-state index is 12.7. The van der Waals surface area contributed by atoms with Crippen molar-refractivity contribution in [2.24, 2.45) is 0 Å². The number of benzene rings is 3. The lowest BCUT2D eigenvalue weighted by atomic mass is 10.1. The fourth-order valence-corrected chi connectivity index (χ4v) is 5.54. The summed E-state index contributed by atoms with van der Waals surface area (Å²) >= 11 is 18.4. The summed E-state index contributed by atoms with van der Waals surface area (Å²) in [5.74, 6) is -1.16. The van der Waals surface area contributed by atoms with Crippen LogP contribution in [-0.2, 0) is 14.8 Å². The summed E-state index contributed by atoms with van der Waals surface area (Å²) in [4.78, 5) is 25.0. The van der Waals surface area contributed by atoms with E-state index < -0.39 is 27.9 Å². The van der Waals surface area contributed by atoms with E-state index in [1.165, 1.54) is 44.4 Å². The first-order valence-electron chi connectivity index (χ1n) is 11.1. The number of phenolic OH excluding ortho intramolecular Hbond substituents is 1. The molecule has 1 unspecified atom stereocenters. The van der Waals surface area contributed by atoms with E-state index in [-0.39, 0.29) is 49.1 Å². The van der Waals surface area contributed by atoms with Gasteiger partial charge in [0.15, 0.2) is 0 Å². The number of carbonyl (C=O) groups is 2. The van der Waals surface area contributed by atoms with Gasteiger partial charge in [-0.3, -0.25) is 9.59 Å². The van der Waals surface area contributed by atoms with Gasteiger partial charge in [-0.15, -0.1) is 0 Å². The van der Waals surface area contributed by atoms with Crippen molar-refractivity contribution in [1.29, 1.82) is 0 Å². The van der Waals surface area contributed by atoms with Crippen LogP contribution in [0.3, 0.4) is 0 Å². The van der Waals surface area contributed by atoms with E-state index in [0.717, 1.165) is 5.56 Å². The number of aromatic hydroxyl groups is 1. The van der Waals surface area contributed by atoms with Crippen LogP contribution in [0.25, 0.3) is 0 Å². The second-order valence-corrected chi connectivity index (χ2v) is 11.3. The van der Waals surface area contributed by atoms with E-state index in [1.54, 1.807) is 18.2 Å². The van der Waals surface area contributed by atoms with Gasteiger partial charge in [-0.25, -0.2) is 13.1 Å². The molecule has 9 nitrogen and oxygen atoms in total. The molecular weight excluding hydrogens is 577 g/mol. The van der Waals surface area contributed by atoms with Gasteiger partial charge < -0.3 is 20.5 Å². The largest absolute Gasteiger partial charge is 0.506 e. The van der Waals surface area contributed by atoms with E-state index in [2.05, 4.69) is 15.4 Å². The van der Waals surface area contributed by atoms with E-state index in [4.69, 9.17) is 39.5 Å². The number of aryl methyl sites for hydroxylation is 1. The molecule has 3 rings (SSSR count). The molecule has 3 aromatic rings. The molecule has 4 N–H and O–H groups in total. The highest BCUT2D eigenvalue weighted by Crippen LogP contribution is 2.34.